The maximum atomic E-state index is 13.7. The molecule has 146 valence electrons. The zero-order chi connectivity index (χ0) is 21.2. The van der Waals surface area contributed by atoms with Gasteiger partial charge in [-0.3, -0.25) is 14.4 Å². The number of methoxy groups -OCH3 is 1. The lowest BCUT2D eigenvalue weighted by atomic mass is 9.64. The Morgan fingerprint density at radius 3 is 2.60 bits per heavy atom. The van der Waals surface area contributed by atoms with Gasteiger partial charge in [0.15, 0.2) is 11.5 Å². The lowest BCUT2D eigenvalue weighted by Gasteiger charge is -2.36. The van der Waals surface area contributed by atoms with Crippen LogP contribution in [0.5, 0.6) is 5.75 Å². The van der Waals surface area contributed by atoms with Gasteiger partial charge in [0, 0.05) is 22.4 Å². The molecule has 2 aromatic rings. The molecule has 2 aromatic carbocycles. The number of fused-ring (bicyclic) bond motifs is 4. The number of ketones is 2. The number of anilines is 1. The first kappa shape index (κ1) is 17.7. The Morgan fingerprint density at radius 2 is 1.87 bits per heavy atom. The van der Waals surface area contributed by atoms with E-state index in [1.165, 1.54) is 19.2 Å². The van der Waals surface area contributed by atoms with Crippen molar-refractivity contribution < 1.29 is 23.9 Å². The quantitative estimate of drug-likeness (QED) is 0.749. The summed E-state index contributed by atoms with van der Waals surface area (Å²) >= 11 is 0. The molecule has 8 heteroatoms. The van der Waals surface area contributed by atoms with Gasteiger partial charge in [0.2, 0.25) is 17.6 Å². The second kappa shape index (κ2) is 5.81. The van der Waals surface area contributed by atoms with E-state index in [2.05, 4.69) is 5.32 Å². The number of nitrogens with one attached hydrogen (secondary N) is 1. The predicted octanol–water partition coefficient (Wildman–Crippen LogP) is 1.94. The topological polar surface area (TPSA) is 132 Å². The number of rotatable bonds is 1. The minimum absolute atomic E-state index is 0.0658. The van der Waals surface area contributed by atoms with E-state index in [-0.39, 0.29) is 33.9 Å². The number of nitriles is 1. The van der Waals surface area contributed by atoms with Crippen molar-refractivity contribution in [2.24, 2.45) is 5.73 Å². The van der Waals surface area contributed by atoms with Crippen LogP contribution >= 0.6 is 0 Å². The number of amides is 1. The van der Waals surface area contributed by atoms with Gasteiger partial charge in [0.05, 0.1) is 12.7 Å². The number of allylic oxidation sites excluding steroid dienone is 1. The van der Waals surface area contributed by atoms with Crippen LogP contribution in [0.2, 0.25) is 0 Å². The summed E-state index contributed by atoms with van der Waals surface area (Å²) < 4.78 is 10.7. The number of benzene rings is 2. The third-order valence-corrected chi connectivity index (χ3v) is 5.62. The molecule has 0 saturated heterocycles. The largest absolute Gasteiger partial charge is 0.497 e. The molecule has 3 N–H and O–H groups in total. The minimum atomic E-state index is -1.88. The number of nitrogens with two attached hydrogens (primary N) is 1. The van der Waals surface area contributed by atoms with E-state index >= 15 is 0 Å². The molecule has 0 aromatic heterocycles. The van der Waals surface area contributed by atoms with Gasteiger partial charge in [-0.15, -0.1) is 0 Å². The van der Waals surface area contributed by atoms with Gasteiger partial charge >= 0.3 is 0 Å². The SMILES string of the molecule is COc1ccc2c(c1)C(=O)C1=C(OC(N)=C(C#N)C13C(=O)Nc1ccccc13)C2=O. The summed E-state index contributed by atoms with van der Waals surface area (Å²) in [6, 6.07) is 13.0. The fraction of sp³-hybridized carbons (Fsp3) is 0.0909. The van der Waals surface area contributed by atoms with Crippen LogP contribution in [0, 0.1) is 11.3 Å². The molecule has 1 spiro atoms. The summed E-state index contributed by atoms with van der Waals surface area (Å²) in [6.45, 7) is 0. The van der Waals surface area contributed by atoms with Gasteiger partial charge in [-0.25, -0.2) is 0 Å². The summed E-state index contributed by atoms with van der Waals surface area (Å²) in [7, 11) is 1.44. The molecule has 0 fully saturated rings. The average Bonchev–Trinajstić information content (AvgIpc) is 3.04. The molecule has 30 heavy (non-hydrogen) atoms. The molecule has 8 nitrogen and oxygen atoms in total. The maximum absolute atomic E-state index is 13.7. The highest BCUT2D eigenvalue weighted by molar-refractivity contribution is 6.31. The van der Waals surface area contributed by atoms with Crippen LogP contribution in [-0.4, -0.2) is 24.6 Å². The number of ether oxygens (including phenoxy) is 2. The number of para-hydroxylation sites is 1. The number of Topliss-reactive ketones (excluding diaryl/α,β-unsaturated/α-hetero) is 2. The van der Waals surface area contributed by atoms with Crippen LogP contribution < -0.4 is 15.8 Å². The van der Waals surface area contributed by atoms with Gasteiger partial charge in [-0.2, -0.15) is 5.26 Å². The molecule has 3 aliphatic rings. The molecule has 2 aliphatic heterocycles. The van der Waals surface area contributed by atoms with E-state index in [9.17, 15) is 19.6 Å². The van der Waals surface area contributed by atoms with E-state index < -0.39 is 22.9 Å². The third kappa shape index (κ3) is 1.91. The molecule has 1 unspecified atom stereocenters. The first-order valence-corrected chi connectivity index (χ1v) is 8.96. The second-order valence-electron chi connectivity index (χ2n) is 6.98. The molecule has 1 atom stereocenters. The minimum Gasteiger partial charge on any atom is -0.497 e. The molecule has 0 radical (unpaired) electrons. The molecule has 0 bridgehead atoms. The van der Waals surface area contributed by atoms with E-state index in [0.29, 0.717) is 17.0 Å². The van der Waals surface area contributed by atoms with E-state index in [1.807, 2.05) is 6.07 Å². The Hall–Kier alpha value is -4.38. The number of hydrogen-bond donors (Lipinski definition) is 2. The van der Waals surface area contributed by atoms with Gasteiger partial charge in [-0.05, 0) is 24.3 Å². The van der Waals surface area contributed by atoms with Crippen LogP contribution in [0.25, 0.3) is 0 Å². The van der Waals surface area contributed by atoms with Gasteiger partial charge in [0.1, 0.15) is 22.8 Å². The first-order chi connectivity index (χ1) is 14.4. The Morgan fingerprint density at radius 1 is 1.10 bits per heavy atom. The van der Waals surface area contributed by atoms with E-state index in [1.54, 1.807) is 30.3 Å². The van der Waals surface area contributed by atoms with Crippen molar-refractivity contribution in [3.05, 3.63) is 81.9 Å². The van der Waals surface area contributed by atoms with Crippen molar-refractivity contribution in [3.63, 3.8) is 0 Å². The summed E-state index contributed by atoms with van der Waals surface area (Å²) in [6.07, 6.45) is 0. The molecular formula is C22H13N3O5. The van der Waals surface area contributed by atoms with Crippen molar-refractivity contribution >= 4 is 23.2 Å². The van der Waals surface area contributed by atoms with Crippen LogP contribution in [0.4, 0.5) is 5.69 Å². The first-order valence-electron chi connectivity index (χ1n) is 8.96. The summed E-state index contributed by atoms with van der Waals surface area (Å²) in [5.41, 5.74) is 4.60. The number of hydrogen-bond acceptors (Lipinski definition) is 7. The Labute approximate surface area is 170 Å². The Bertz CT molecular complexity index is 1310. The smallest absolute Gasteiger partial charge is 0.245 e. The van der Waals surface area contributed by atoms with E-state index in [4.69, 9.17) is 15.2 Å². The lowest BCUT2D eigenvalue weighted by Crippen LogP contribution is -2.47. The van der Waals surface area contributed by atoms with Crippen molar-refractivity contribution in [3.8, 4) is 11.8 Å². The number of carbonyl (C=O) groups is 3. The highest BCUT2D eigenvalue weighted by Gasteiger charge is 2.61. The Kier molecular flexibility index (Phi) is 3.43. The number of nitrogens with zero attached hydrogens (tertiary/aromatic N) is 1. The predicted molar refractivity (Wildman–Crippen MR) is 103 cm³/mol. The second-order valence-corrected chi connectivity index (χ2v) is 6.98. The number of carbonyl (C=O) groups excluding carboxylic acids is 3. The summed E-state index contributed by atoms with van der Waals surface area (Å²) in [5.74, 6) is -2.21. The average molecular weight is 399 g/mol. The van der Waals surface area contributed by atoms with Gasteiger partial charge < -0.3 is 20.5 Å². The lowest BCUT2D eigenvalue weighted by molar-refractivity contribution is -0.118. The monoisotopic (exact) mass is 399 g/mol. The van der Waals surface area contributed by atoms with Crippen LogP contribution in [0.15, 0.2) is 65.3 Å². The van der Waals surface area contributed by atoms with E-state index in [0.717, 1.165) is 0 Å². The molecule has 1 amide bonds. The van der Waals surface area contributed by atoms with Gasteiger partial charge in [0.25, 0.3) is 0 Å². The Balaban J connectivity index is 1.88. The molecule has 2 heterocycles. The maximum Gasteiger partial charge on any atom is 0.245 e. The van der Waals surface area contributed by atoms with Crippen molar-refractivity contribution in [2.75, 3.05) is 12.4 Å². The molecule has 0 saturated carbocycles. The van der Waals surface area contributed by atoms with Crippen LogP contribution in [0.1, 0.15) is 26.3 Å². The van der Waals surface area contributed by atoms with Crippen molar-refractivity contribution in [1.29, 1.82) is 5.26 Å². The third-order valence-electron chi connectivity index (χ3n) is 5.62. The van der Waals surface area contributed by atoms with Crippen LogP contribution in [0.3, 0.4) is 0 Å². The normalized spacial score (nSPS) is 21.5. The highest BCUT2D eigenvalue weighted by Crippen LogP contribution is 2.54. The fourth-order valence-corrected chi connectivity index (χ4v) is 4.31. The summed E-state index contributed by atoms with van der Waals surface area (Å²) in [4.78, 5) is 40.2. The highest BCUT2D eigenvalue weighted by atomic mass is 16.5. The zero-order valence-electron chi connectivity index (χ0n) is 15.6. The van der Waals surface area contributed by atoms with Crippen molar-refractivity contribution in [1.82, 2.24) is 0 Å². The zero-order valence-corrected chi connectivity index (χ0v) is 15.6. The fourth-order valence-electron chi connectivity index (χ4n) is 4.31. The molecule has 5 rings (SSSR count). The van der Waals surface area contributed by atoms with Gasteiger partial charge in [-0.1, -0.05) is 18.2 Å². The standard InChI is InChI=1S/C22H13N3O5/c1-29-10-6-7-11-12(8-10)17(26)16-19(18(11)27)30-20(24)14(9-23)22(16)13-4-2-3-5-15(13)25-21(22)28/h2-8H,24H2,1H3,(H,25,28). The molecule has 1 aliphatic carbocycles. The summed E-state index contributed by atoms with van der Waals surface area (Å²) in [5, 5.41) is 12.6. The molecular weight excluding hydrogens is 386 g/mol. The van der Waals surface area contributed by atoms with Crippen LogP contribution in [-0.2, 0) is 14.9 Å². The van der Waals surface area contributed by atoms with Crippen molar-refractivity contribution in [2.45, 2.75) is 5.41 Å².